The van der Waals surface area contributed by atoms with Crippen LogP contribution in [0, 0.1) is 0 Å². The number of para-hydroxylation sites is 2. The molecule has 0 aliphatic heterocycles. The van der Waals surface area contributed by atoms with E-state index in [2.05, 4.69) is 38.1 Å². The number of anilines is 1. The lowest BCUT2D eigenvalue weighted by Crippen LogP contribution is -2.14. The maximum Gasteiger partial charge on any atom is 0.234 e. The lowest BCUT2D eigenvalue weighted by atomic mass is 10.3. The number of fused-ring (bicyclic) bond motifs is 1. The quantitative estimate of drug-likeness (QED) is 0.661. The molecular formula is C17H16BrN3OS. The molecular weight excluding hydrogens is 374 g/mol. The Bertz CT molecular complexity index is 800. The summed E-state index contributed by atoms with van der Waals surface area (Å²) in [4.78, 5) is 19.9. The lowest BCUT2D eigenvalue weighted by molar-refractivity contribution is -0.113. The molecule has 4 nitrogen and oxygen atoms in total. The minimum atomic E-state index is -0.0175. The van der Waals surface area contributed by atoms with Crippen LogP contribution in [0.25, 0.3) is 11.0 Å². The van der Waals surface area contributed by atoms with Crippen molar-refractivity contribution in [3.05, 3.63) is 58.8 Å². The van der Waals surface area contributed by atoms with Crippen molar-refractivity contribution >= 4 is 50.3 Å². The van der Waals surface area contributed by atoms with Gasteiger partial charge in [0.05, 0.1) is 22.0 Å². The number of H-pyrrole nitrogens is 1. The molecule has 0 spiro atoms. The molecule has 2 N–H and O–H groups in total. The average Bonchev–Trinajstić information content (AvgIpc) is 2.97. The number of imidazole rings is 1. The van der Waals surface area contributed by atoms with E-state index >= 15 is 0 Å². The summed E-state index contributed by atoms with van der Waals surface area (Å²) >= 11 is 4.95. The molecule has 1 atom stereocenters. The van der Waals surface area contributed by atoms with Gasteiger partial charge in [0.2, 0.25) is 5.91 Å². The number of nitrogens with zero attached hydrogens (tertiary/aromatic N) is 1. The van der Waals surface area contributed by atoms with E-state index in [0.29, 0.717) is 5.75 Å². The molecule has 3 aromatic rings. The van der Waals surface area contributed by atoms with Crippen molar-refractivity contribution in [2.24, 2.45) is 0 Å². The molecule has 118 valence electrons. The Balaban J connectivity index is 1.57. The molecule has 6 heteroatoms. The van der Waals surface area contributed by atoms with Crippen LogP contribution >= 0.6 is 27.7 Å². The fraction of sp³-hybridized carbons (Fsp3) is 0.176. The van der Waals surface area contributed by atoms with Crippen LogP contribution in [-0.4, -0.2) is 21.6 Å². The highest BCUT2D eigenvalue weighted by molar-refractivity contribution is 9.10. The number of amides is 1. The largest absolute Gasteiger partial charge is 0.341 e. The van der Waals surface area contributed by atoms with Gasteiger partial charge in [-0.1, -0.05) is 34.1 Å². The van der Waals surface area contributed by atoms with Crippen molar-refractivity contribution in [3.8, 4) is 0 Å². The number of benzene rings is 2. The average molecular weight is 390 g/mol. The molecule has 1 heterocycles. The van der Waals surface area contributed by atoms with Crippen LogP contribution in [-0.2, 0) is 4.79 Å². The maximum atomic E-state index is 12.1. The van der Waals surface area contributed by atoms with E-state index in [4.69, 9.17) is 0 Å². The third kappa shape index (κ3) is 4.14. The van der Waals surface area contributed by atoms with E-state index in [9.17, 15) is 4.79 Å². The van der Waals surface area contributed by atoms with Crippen LogP contribution < -0.4 is 5.32 Å². The van der Waals surface area contributed by atoms with Gasteiger partial charge in [-0.3, -0.25) is 4.79 Å². The monoisotopic (exact) mass is 389 g/mol. The Morgan fingerprint density at radius 2 is 2.13 bits per heavy atom. The first-order chi connectivity index (χ1) is 11.1. The summed E-state index contributed by atoms with van der Waals surface area (Å²) in [6.45, 7) is 2.05. The third-order valence-corrected chi connectivity index (χ3v) is 5.01. The fourth-order valence-electron chi connectivity index (χ4n) is 2.21. The summed E-state index contributed by atoms with van der Waals surface area (Å²) in [6.07, 6.45) is 0. The molecule has 0 aliphatic carbocycles. The van der Waals surface area contributed by atoms with Crippen LogP contribution in [0.15, 0.2) is 53.0 Å². The number of carbonyl (C=O) groups is 1. The number of halogens is 1. The summed E-state index contributed by atoms with van der Waals surface area (Å²) in [6, 6.07) is 15.5. The van der Waals surface area contributed by atoms with Gasteiger partial charge in [0.15, 0.2) is 0 Å². The highest BCUT2D eigenvalue weighted by Crippen LogP contribution is 2.27. The van der Waals surface area contributed by atoms with Crippen molar-refractivity contribution in [2.75, 3.05) is 11.1 Å². The predicted molar refractivity (Wildman–Crippen MR) is 99.7 cm³/mol. The van der Waals surface area contributed by atoms with Crippen LogP contribution in [0.1, 0.15) is 18.0 Å². The van der Waals surface area contributed by atoms with Crippen LogP contribution in [0.4, 0.5) is 5.69 Å². The number of hydrogen-bond acceptors (Lipinski definition) is 3. The zero-order chi connectivity index (χ0) is 16.2. The predicted octanol–water partition coefficient (Wildman–Crippen LogP) is 4.76. The fourth-order valence-corrected chi connectivity index (χ4v) is 3.35. The van der Waals surface area contributed by atoms with Gasteiger partial charge in [0, 0.05) is 10.2 Å². The summed E-state index contributed by atoms with van der Waals surface area (Å²) < 4.78 is 0.943. The number of aromatic amines is 1. The SMILES string of the molecule is C[C@H](SCC(=O)Nc1cccc(Br)c1)c1nc2ccccc2[nH]1. The van der Waals surface area contributed by atoms with Crippen LogP contribution in [0.3, 0.4) is 0 Å². The number of hydrogen-bond donors (Lipinski definition) is 2. The Kier molecular flexibility index (Phi) is 5.03. The first-order valence-corrected chi connectivity index (χ1v) is 9.07. The molecule has 0 saturated heterocycles. The van der Waals surface area contributed by atoms with E-state index in [1.165, 1.54) is 0 Å². The molecule has 23 heavy (non-hydrogen) atoms. The smallest absolute Gasteiger partial charge is 0.234 e. The third-order valence-electron chi connectivity index (χ3n) is 3.37. The highest BCUT2D eigenvalue weighted by Gasteiger charge is 2.13. The normalized spacial score (nSPS) is 12.3. The topological polar surface area (TPSA) is 57.8 Å². The van der Waals surface area contributed by atoms with Crippen molar-refractivity contribution in [3.63, 3.8) is 0 Å². The first kappa shape index (κ1) is 16.1. The number of aromatic nitrogens is 2. The van der Waals surface area contributed by atoms with Gasteiger partial charge in [0.1, 0.15) is 5.82 Å². The van der Waals surface area contributed by atoms with Crippen molar-refractivity contribution < 1.29 is 4.79 Å². The van der Waals surface area contributed by atoms with Gasteiger partial charge >= 0.3 is 0 Å². The van der Waals surface area contributed by atoms with Crippen LogP contribution in [0.5, 0.6) is 0 Å². The zero-order valence-electron chi connectivity index (χ0n) is 12.5. The Morgan fingerprint density at radius 1 is 1.30 bits per heavy atom. The molecule has 3 rings (SSSR count). The molecule has 1 aromatic heterocycles. The molecule has 0 bridgehead atoms. The van der Waals surface area contributed by atoms with Crippen molar-refractivity contribution in [1.82, 2.24) is 9.97 Å². The number of rotatable bonds is 5. The maximum absolute atomic E-state index is 12.1. The van der Waals surface area contributed by atoms with Gasteiger partial charge in [-0.15, -0.1) is 11.8 Å². The molecule has 0 fully saturated rings. The zero-order valence-corrected chi connectivity index (χ0v) is 14.9. The Hall–Kier alpha value is -1.79. The molecule has 0 radical (unpaired) electrons. The molecule has 0 saturated carbocycles. The van der Waals surface area contributed by atoms with Gasteiger partial charge in [-0.05, 0) is 37.3 Å². The van der Waals surface area contributed by atoms with E-state index in [1.807, 2.05) is 48.5 Å². The molecule has 0 aliphatic rings. The molecule has 1 amide bonds. The van der Waals surface area contributed by atoms with Gasteiger partial charge in [0.25, 0.3) is 0 Å². The minimum Gasteiger partial charge on any atom is -0.341 e. The van der Waals surface area contributed by atoms with Gasteiger partial charge in [-0.2, -0.15) is 0 Å². The van der Waals surface area contributed by atoms with Gasteiger partial charge < -0.3 is 10.3 Å². The number of nitrogens with one attached hydrogen (secondary N) is 2. The molecule has 2 aromatic carbocycles. The molecule has 0 unspecified atom stereocenters. The van der Waals surface area contributed by atoms with Crippen molar-refractivity contribution in [1.29, 1.82) is 0 Å². The van der Waals surface area contributed by atoms with Crippen LogP contribution in [0.2, 0.25) is 0 Å². The second kappa shape index (κ2) is 7.19. The van der Waals surface area contributed by atoms with E-state index in [1.54, 1.807) is 11.8 Å². The summed E-state index contributed by atoms with van der Waals surface area (Å²) in [5.74, 6) is 1.26. The second-order valence-corrected chi connectivity index (χ2v) is 7.40. The number of carbonyl (C=O) groups excluding carboxylic acids is 1. The second-order valence-electron chi connectivity index (χ2n) is 5.15. The van der Waals surface area contributed by atoms with E-state index in [0.717, 1.165) is 27.0 Å². The number of thioether (sulfide) groups is 1. The summed E-state index contributed by atoms with van der Waals surface area (Å²) in [7, 11) is 0. The Morgan fingerprint density at radius 3 is 2.91 bits per heavy atom. The standard InChI is InChI=1S/C17H16BrN3OS/c1-11(17-20-14-7-2-3-8-15(14)21-17)23-10-16(22)19-13-6-4-5-12(18)9-13/h2-9,11H,10H2,1H3,(H,19,22)(H,20,21)/t11-/m0/s1. The summed E-state index contributed by atoms with van der Waals surface area (Å²) in [5.41, 5.74) is 2.77. The van der Waals surface area contributed by atoms with Gasteiger partial charge in [-0.25, -0.2) is 4.98 Å². The van der Waals surface area contributed by atoms with E-state index in [-0.39, 0.29) is 11.2 Å². The summed E-state index contributed by atoms with van der Waals surface area (Å²) in [5, 5.41) is 3.02. The highest BCUT2D eigenvalue weighted by atomic mass is 79.9. The lowest BCUT2D eigenvalue weighted by Gasteiger charge is -2.09. The first-order valence-electron chi connectivity index (χ1n) is 7.23. The minimum absolute atomic E-state index is 0.0175. The van der Waals surface area contributed by atoms with E-state index < -0.39 is 0 Å². The van der Waals surface area contributed by atoms with Crippen molar-refractivity contribution in [2.45, 2.75) is 12.2 Å². The Labute approximate surface area is 147 Å².